The fourth-order valence-corrected chi connectivity index (χ4v) is 3.62. The first-order chi connectivity index (χ1) is 14.1. The zero-order valence-electron chi connectivity index (χ0n) is 16.4. The molecule has 0 unspecified atom stereocenters. The number of nitrogens with zero attached hydrogens (tertiary/aromatic N) is 3. The number of anilines is 2. The van der Waals surface area contributed by atoms with Crippen LogP contribution >= 0.6 is 0 Å². The number of aliphatic hydroxyl groups excluding tert-OH is 1. The molecule has 3 N–H and O–H groups in total. The number of pyridine rings is 2. The summed E-state index contributed by atoms with van der Waals surface area (Å²) >= 11 is 0. The van der Waals surface area contributed by atoms with Crippen molar-refractivity contribution >= 4 is 28.4 Å². The van der Waals surface area contributed by atoms with E-state index >= 15 is 0 Å². The molecule has 0 spiro atoms. The number of aromatic carboxylic acids is 1. The summed E-state index contributed by atoms with van der Waals surface area (Å²) in [5.41, 5.74) is 3.72. The van der Waals surface area contributed by atoms with Crippen molar-refractivity contribution < 1.29 is 79.6 Å². The number of aryl methyl sites for hydroxylation is 1. The first-order valence-electron chi connectivity index (χ1n) is 8.74. The second kappa shape index (κ2) is 8.52. The van der Waals surface area contributed by atoms with Gasteiger partial charge in [-0.05, 0) is 13.0 Å². The monoisotopic (exact) mass is 458 g/mol. The van der Waals surface area contributed by atoms with E-state index in [1.165, 1.54) is 11.8 Å². The average molecular weight is 458 g/mol. The molecule has 1 saturated heterocycles. The third kappa shape index (κ3) is 3.87. The van der Waals surface area contributed by atoms with E-state index in [-0.39, 0.29) is 86.6 Å². The summed E-state index contributed by atoms with van der Waals surface area (Å²) in [5.74, 6) is -6.22. The van der Waals surface area contributed by atoms with Gasteiger partial charge in [-0.3, -0.25) is 9.36 Å². The minimum atomic E-state index is -1.86. The number of β-amino-alcohol motifs (C(OH)–C–C–N with tert-alkyl or cyclic N) is 1. The second-order valence-electron chi connectivity index (χ2n) is 6.98. The van der Waals surface area contributed by atoms with Crippen LogP contribution in [0.3, 0.4) is 0 Å². The molecule has 0 saturated carbocycles. The van der Waals surface area contributed by atoms with E-state index in [1.54, 1.807) is 0 Å². The van der Waals surface area contributed by atoms with Crippen LogP contribution in [0.5, 0.6) is 0 Å². The first kappa shape index (κ1) is 23.7. The predicted molar refractivity (Wildman–Crippen MR) is 98.9 cm³/mol. The van der Waals surface area contributed by atoms with E-state index in [4.69, 9.17) is 5.73 Å². The maximum atomic E-state index is 14.8. The first-order valence-corrected chi connectivity index (χ1v) is 8.74. The molecule has 31 heavy (non-hydrogen) atoms. The molecule has 156 valence electrons. The topological polar surface area (TPSA) is 125 Å². The Morgan fingerprint density at radius 3 is 2.45 bits per heavy atom. The normalized spacial score (nSPS) is 13.8. The maximum absolute atomic E-state index is 14.8. The molecule has 12 heteroatoms. The molecule has 3 aromatic rings. The van der Waals surface area contributed by atoms with Crippen molar-refractivity contribution in [3.8, 4) is 5.82 Å². The van der Waals surface area contributed by atoms with Crippen LogP contribution in [0.4, 0.5) is 24.7 Å². The number of carbonyl (C=O) groups is 1. The van der Waals surface area contributed by atoms with Crippen LogP contribution in [0, 0.1) is 24.4 Å². The van der Waals surface area contributed by atoms with E-state index in [9.17, 15) is 33.0 Å². The summed E-state index contributed by atoms with van der Waals surface area (Å²) < 4.78 is 43.9. The Bertz CT molecular complexity index is 1290. The molecule has 3 heterocycles. The fraction of sp³-hybridized carbons (Fsp3) is 0.211. The number of aliphatic hydroxyl groups is 1. The summed E-state index contributed by atoms with van der Waals surface area (Å²) in [6, 6.07) is 1.30. The van der Waals surface area contributed by atoms with Gasteiger partial charge in [0.05, 0.1) is 34.2 Å². The van der Waals surface area contributed by atoms with Gasteiger partial charge in [0, 0.05) is 30.9 Å². The summed E-state index contributed by atoms with van der Waals surface area (Å²) in [5, 5.41) is 20.6. The average Bonchev–Trinajstić information content (AvgIpc) is 2.64. The minimum absolute atomic E-state index is 0. The van der Waals surface area contributed by atoms with E-state index < -0.39 is 52.2 Å². The quantitative estimate of drug-likeness (QED) is 0.408. The maximum Gasteiger partial charge on any atom is 1.00 e. The number of carboxylic acid groups (broad SMARTS) is 1. The third-order valence-corrected chi connectivity index (χ3v) is 5.02. The molecule has 0 aliphatic carbocycles. The van der Waals surface area contributed by atoms with Crippen molar-refractivity contribution in [1.82, 2.24) is 9.55 Å². The van der Waals surface area contributed by atoms with E-state index in [2.05, 4.69) is 4.98 Å². The van der Waals surface area contributed by atoms with Crippen molar-refractivity contribution in [1.29, 1.82) is 0 Å². The number of hydrogen-bond donors (Lipinski definition) is 2. The van der Waals surface area contributed by atoms with Crippen molar-refractivity contribution in [2.24, 2.45) is 0 Å². The fourth-order valence-electron chi connectivity index (χ4n) is 3.62. The Kier molecular flexibility index (Phi) is 6.51. The number of nitrogens with two attached hydrogens (primary N) is 1. The number of halogens is 3. The van der Waals surface area contributed by atoms with Crippen molar-refractivity contribution in [2.45, 2.75) is 13.0 Å². The number of benzene rings is 1. The van der Waals surface area contributed by atoms with Gasteiger partial charge in [0.15, 0.2) is 28.7 Å². The van der Waals surface area contributed by atoms with Gasteiger partial charge in [0.25, 0.3) is 0 Å². The molecule has 0 bridgehead atoms. The molecule has 8 nitrogen and oxygen atoms in total. The number of hydrogen-bond acceptors (Lipinski definition) is 7. The predicted octanol–water partition coefficient (Wildman–Crippen LogP) is -2.76. The van der Waals surface area contributed by atoms with Crippen LogP contribution < -0.4 is 72.6 Å². The van der Waals surface area contributed by atoms with Crippen molar-refractivity contribution in [3.05, 3.63) is 57.1 Å². The number of rotatable bonds is 3. The summed E-state index contributed by atoms with van der Waals surface area (Å²) in [6.07, 6.45) is 0.126. The minimum Gasteiger partial charge on any atom is -0.545 e. The summed E-state index contributed by atoms with van der Waals surface area (Å²) in [7, 11) is 0. The van der Waals surface area contributed by atoms with Gasteiger partial charge in [-0.15, -0.1) is 0 Å². The van der Waals surface area contributed by atoms with Crippen LogP contribution in [0.2, 0.25) is 0 Å². The molecular weight excluding hydrogens is 444 g/mol. The van der Waals surface area contributed by atoms with Gasteiger partial charge >= 0.3 is 51.4 Å². The molecule has 1 aliphatic rings. The van der Waals surface area contributed by atoms with Gasteiger partial charge < -0.3 is 25.6 Å². The van der Waals surface area contributed by atoms with Gasteiger partial charge in [0.1, 0.15) is 5.82 Å². The Morgan fingerprint density at radius 2 is 1.87 bits per heavy atom. The molecule has 0 atom stereocenters. The van der Waals surface area contributed by atoms with Gasteiger partial charge in [-0.1, -0.05) is 0 Å². The third-order valence-electron chi connectivity index (χ3n) is 5.02. The van der Waals surface area contributed by atoms with E-state index in [1.807, 2.05) is 0 Å². The zero-order valence-corrected chi connectivity index (χ0v) is 19.6. The second-order valence-corrected chi connectivity index (χ2v) is 6.98. The molecule has 2 aromatic heterocycles. The van der Waals surface area contributed by atoms with Gasteiger partial charge in [0.2, 0.25) is 0 Å². The number of fused-ring (bicyclic) bond motifs is 1. The Labute approximate surface area is 215 Å². The SMILES string of the molecule is Cc1c(N2CC(O)C2)c(F)cc2c(=O)c(C(=O)[O-])cn(-c3nc(N)c(F)cc3F)c12.[K+]. The standard InChI is InChI=1S/C19H15F3N4O4.K/c1-7-14-9(2-11(20)15(7)25-4-8(27)5-25)16(28)10(19(29)30)6-26(14)18-13(22)3-12(21)17(23)24-18;/h2-3,6,8,27H,4-5H2,1H3,(H2,23,24)(H,29,30);/q;+1/p-1. The molecule has 1 fully saturated rings. The molecule has 4 rings (SSSR count). The molecule has 1 aliphatic heterocycles. The Morgan fingerprint density at radius 1 is 1.23 bits per heavy atom. The number of carbonyl (C=O) groups excluding carboxylic acids is 1. The van der Waals surface area contributed by atoms with Crippen LogP contribution in [0.15, 0.2) is 23.1 Å². The number of nitrogen functional groups attached to an aromatic ring is 1. The smallest absolute Gasteiger partial charge is 0.545 e. The number of carboxylic acids is 1. The Balaban J connectivity index is 0.00000272. The molecule has 1 aromatic carbocycles. The van der Waals surface area contributed by atoms with Crippen molar-refractivity contribution in [2.75, 3.05) is 23.7 Å². The van der Waals surface area contributed by atoms with Crippen molar-refractivity contribution in [3.63, 3.8) is 0 Å². The van der Waals surface area contributed by atoms with Crippen LogP contribution in [-0.2, 0) is 0 Å². The largest absolute Gasteiger partial charge is 1.00 e. The van der Waals surface area contributed by atoms with Crippen LogP contribution in [0.25, 0.3) is 16.7 Å². The van der Waals surface area contributed by atoms with E-state index in [0.717, 1.165) is 16.8 Å². The molecule has 0 radical (unpaired) electrons. The van der Waals surface area contributed by atoms with Gasteiger partial charge in [-0.25, -0.2) is 18.2 Å². The summed E-state index contributed by atoms with van der Waals surface area (Å²) in [4.78, 5) is 29.2. The van der Waals surface area contributed by atoms with Crippen LogP contribution in [-0.4, -0.2) is 39.8 Å². The summed E-state index contributed by atoms with van der Waals surface area (Å²) in [6.45, 7) is 1.73. The van der Waals surface area contributed by atoms with Crippen LogP contribution in [0.1, 0.15) is 15.9 Å². The Hall–Kier alpha value is -1.96. The number of aromatic nitrogens is 2. The van der Waals surface area contributed by atoms with Gasteiger partial charge in [-0.2, -0.15) is 0 Å². The van der Waals surface area contributed by atoms with E-state index in [0.29, 0.717) is 6.07 Å². The zero-order chi connectivity index (χ0) is 21.9. The molecular formula is C19H14F3KN4O4. The molecule has 0 amide bonds.